The van der Waals surface area contributed by atoms with Crippen molar-refractivity contribution in [1.29, 1.82) is 0 Å². The first kappa shape index (κ1) is 15.0. The SMILES string of the molecule is COC(C)(NC(C)(C)C)c1ccc(O)c(CO)c1. The second-order valence-corrected chi connectivity index (χ2v) is 5.61. The quantitative estimate of drug-likeness (QED) is 0.719. The van der Waals surface area contributed by atoms with Crippen molar-refractivity contribution in [2.24, 2.45) is 0 Å². The summed E-state index contributed by atoms with van der Waals surface area (Å²) in [5, 5.41) is 22.2. The molecule has 1 unspecified atom stereocenters. The van der Waals surface area contributed by atoms with E-state index >= 15 is 0 Å². The zero-order chi connectivity index (χ0) is 14.0. The highest BCUT2D eigenvalue weighted by Gasteiger charge is 2.31. The highest BCUT2D eigenvalue weighted by Crippen LogP contribution is 2.28. The average Bonchev–Trinajstić information content (AvgIpc) is 2.27. The maximum atomic E-state index is 9.58. The summed E-state index contributed by atoms with van der Waals surface area (Å²) in [5.41, 5.74) is 0.561. The number of aliphatic hydroxyl groups excluding tert-OH is 1. The molecule has 1 aromatic rings. The molecule has 1 atom stereocenters. The molecule has 0 aliphatic rings. The fraction of sp³-hybridized carbons (Fsp3) is 0.571. The number of nitrogens with one attached hydrogen (secondary N) is 1. The van der Waals surface area contributed by atoms with Crippen LogP contribution in [0.15, 0.2) is 18.2 Å². The molecule has 0 aliphatic heterocycles. The van der Waals surface area contributed by atoms with Gasteiger partial charge in [0.2, 0.25) is 0 Å². The van der Waals surface area contributed by atoms with E-state index in [0.717, 1.165) is 5.56 Å². The second kappa shape index (κ2) is 5.26. The van der Waals surface area contributed by atoms with E-state index in [-0.39, 0.29) is 17.9 Å². The van der Waals surface area contributed by atoms with Gasteiger partial charge in [-0.15, -0.1) is 0 Å². The molecule has 0 aromatic heterocycles. The first-order valence-electron chi connectivity index (χ1n) is 5.99. The number of benzene rings is 1. The highest BCUT2D eigenvalue weighted by molar-refractivity contribution is 5.37. The van der Waals surface area contributed by atoms with Gasteiger partial charge in [-0.05, 0) is 45.4 Å². The Morgan fingerprint density at radius 2 is 1.83 bits per heavy atom. The Bertz CT molecular complexity index is 412. The predicted molar refractivity (Wildman–Crippen MR) is 71.3 cm³/mol. The Morgan fingerprint density at radius 1 is 1.22 bits per heavy atom. The molecule has 0 saturated heterocycles. The third kappa shape index (κ3) is 3.45. The zero-order valence-corrected chi connectivity index (χ0v) is 11.7. The van der Waals surface area contributed by atoms with Crippen LogP contribution in [-0.2, 0) is 17.1 Å². The predicted octanol–water partition coefficient (Wildman–Crippen LogP) is 2.09. The van der Waals surface area contributed by atoms with Crippen LogP contribution in [-0.4, -0.2) is 22.9 Å². The Hall–Kier alpha value is -1.10. The van der Waals surface area contributed by atoms with Gasteiger partial charge in [0, 0.05) is 18.2 Å². The van der Waals surface area contributed by atoms with Gasteiger partial charge in [-0.25, -0.2) is 0 Å². The van der Waals surface area contributed by atoms with Crippen LogP contribution in [0, 0.1) is 0 Å². The van der Waals surface area contributed by atoms with E-state index in [4.69, 9.17) is 4.74 Å². The van der Waals surface area contributed by atoms with Crippen molar-refractivity contribution >= 4 is 0 Å². The van der Waals surface area contributed by atoms with Crippen molar-refractivity contribution in [3.8, 4) is 5.75 Å². The van der Waals surface area contributed by atoms with Gasteiger partial charge in [-0.2, -0.15) is 0 Å². The van der Waals surface area contributed by atoms with Crippen LogP contribution in [0.5, 0.6) is 5.75 Å². The number of rotatable bonds is 4. The van der Waals surface area contributed by atoms with Crippen molar-refractivity contribution < 1.29 is 14.9 Å². The van der Waals surface area contributed by atoms with Crippen LogP contribution in [0.25, 0.3) is 0 Å². The van der Waals surface area contributed by atoms with Crippen LogP contribution >= 0.6 is 0 Å². The minimum Gasteiger partial charge on any atom is -0.508 e. The van der Waals surface area contributed by atoms with Gasteiger partial charge >= 0.3 is 0 Å². The molecule has 0 amide bonds. The van der Waals surface area contributed by atoms with Gasteiger partial charge < -0.3 is 14.9 Å². The molecule has 4 heteroatoms. The lowest BCUT2D eigenvalue weighted by Crippen LogP contribution is -2.51. The normalized spacial score (nSPS) is 15.4. The van der Waals surface area contributed by atoms with E-state index in [0.29, 0.717) is 5.56 Å². The van der Waals surface area contributed by atoms with Gasteiger partial charge in [-0.1, -0.05) is 6.07 Å². The molecule has 0 radical (unpaired) electrons. The van der Waals surface area contributed by atoms with Crippen molar-refractivity contribution in [2.75, 3.05) is 7.11 Å². The van der Waals surface area contributed by atoms with Gasteiger partial charge in [0.25, 0.3) is 0 Å². The fourth-order valence-corrected chi connectivity index (χ4v) is 1.97. The van der Waals surface area contributed by atoms with E-state index in [9.17, 15) is 10.2 Å². The maximum Gasteiger partial charge on any atom is 0.142 e. The Balaban J connectivity index is 3.15. The molecule has 0 heterocycles. The Kier molecular flexibility index (Phi) is 4.37. The fourth-order valence-electron chi connectivity index (χ4n) is 1.97. The summed E-state index contributed by atoms with van der Waals surface area (Å²) in [7, 11) is 1.63. The van der Waals surface area contributed by atoms with Crippen molar-refractivity contribution in [3.05, 3.63) is 29.3 Å². The second-order valence-electron chi connectivity index (χ2n) is 5.61. The van der Waals surface area contributed by atoms with E-state index < -0.39 is 5.72 Å². The summed E-state index contributed by atoms with van der Waals surface area (Å²) in [5.74, 6) is 0.0930. The molecule has 0 fully saturated rings. The maximum absolute atomic E-state index is 9.58. The number of ether oxygens (including phenoxy) is 1. The monoisotopic (exact) mass is 253 g/mol. The molecule has 0 bridgehead atoms. The van der Waals surface area contributed by atoms with Crippen molar-refractivity contribution in [3.63, 3.8) is 0 Å². The van der Waals surface area contributed by atoms with Gasteiger partial charge in [0.05, 0.1) is 6.61 Å². The number of phenols is 1. The van der Waals surface area contributed by atoms with E-state index in [1.54, 1.807) is 25.3 Å². The Morgan fingerprint density at radius 3 is 2.28 bits per heavy atom. The molecule has 1 aromatic carbocycles. The number of aromatic hydroxyl groups is 1. The standard InChI is InChI=1S/C14H23NO3/c1-13(2,3)15-14(4,18-5)11-6-7-12(17)10(8-11)9-16/h6-8,15-17H,9H2,1-5H3. The number of aliphatic hydroxyl groups is 1. The van der Waals surface area contributed by atoms with Gasteiger partial charge in [0.1, 0.15) is 11.5 Å². The van der Waals surface area contributed by atoms with Crippen LogP contribution in [0.2, 0.25) is 0 Å². The zero-order valence-electron chi connectivity index (χ0n) is 11.7. The van der Waals surface area contributed by atoms with E-state index in [1.165, 1.54) is 0 Å². The third-order valence-electron chi connectivity index (χ3n) is 2.82. The smallest absolute Gasteiger partial charge is 0.142 e. The van der Waals surface area contributed by atoms with E-state index in [2.05, 4.69) is 26.1 Å². The van der Waals surface area contributed by atoms with Gasteiger partial charge in [-0.3, -0.25) is 5.32 Å². The summed E-state index contributed by atoms with van der Waals surface area (Å²) in [6.07, 6.45) is 0. The van der Waals surface area contributed by atoms with Crippen LogP contribution < -0.4 is 5.32 Å². The summed E-state index contributed by atoms with van der Waals surface area (Å²) in [6.45, 7) is 7.88. The van der Waals surface area contributed by atoms with Crippen LogP contribution in [0.4, 0.5) is 0 Å². The summed E-state index contributed by atoms with van der Waals surface area (Å²) >= 11 is 0. The van der Waals surface area contributed by atoms with Gasteiger partial charge in [0.15, 0.2) is 0 Å². The topological polar surface area (TPSA) is 61.7 Å². The Labute approximate surface area is 109 Å². The lowest BCUT2D eigenvalue weighted by molar-refractivity contribution is -0.0472. The first-order valence-corrected chi connectivity index (χ1v) is 5.99. The molecule has 0 aliphatic carbocycles. The minimum absolute atomic E-state index is 0.0930. The largest absolute Gasteiger partial charge is 0.508 e. The molecule has 0 spiro atoms. The molecular formula is C14H23NO3. The van der Waals surface area contributed by atoms with Crippen molar-refractivity contribution in [1.82, 2.24) is 5.32 Å². The average molecular weight is 253 g/mol. The first-order chi connectivity index (χ1) is 8.22. The molecule has 4 nitrogen and oxygen atoms in total. The third-order valence-corrected chi connectivity index (χ3v) is 2.82. The molecule has 18 heavy (non-hydrogen) atoms. The summed E-state index contributed by atoms with van der Waals surface area (Å²) < 4.78 is 5.56. The van der Waals surface area contributed by atoms with Crippen LogP contribution in [0.3, 0.4) is 0 Å². The summed E-state index contributed by atoms with van der Waals surface area (Å²) in [6, 6.07) is 5.11. The number of hydrogen-bond acceptors (Lipinski definition) is 4. The highest BCUT2D eigenvalue weighted by atomic mass is 16.5. The van der Waals surface area contributed by atoms with Crippen LogP contribution in [0.1, 0.15) is 38.8 Å². The van der Waals surface area contributed by atoms with E-state index in [1.807, 2.05) is 6.92 Å². The molecule has 3 N–H and O–H groups in total. The number of hydrogen-bond donors (Lipinski definition) is 3. The molecular weight excluding hydrogens is 230 g/mol. The number of methoxy groups -OCH3 is 1. The lowest BCUT2D eigenvalue weighted by Gasteiger charge is -2.37. The molecule has 0 saturated carbocycles. The lowest BCUT2D eigenvalue weighted by atomic mass is 9.97. The molecule has 1 rings (SSSR count). The van der Waals surface area contributed by atoms with Crippen molar-refractivity contribution in [2.45, 2.75) is 45.6 Å². The summed E-state index contributed by atoms with van der Waals surface area (Å²) in [4.78, 5) is 0. The minimum atomic E-state index is -0.671. The molecule has 102 valence electrons.